The normalized spacial score (nSPS) is 19.1. The summed E-state index contributed by atoms with van der Waals surface area (Å²) in [7, 11) is 0. The molecule has 0 aromatic carbocycles. The van der Waals surface area contributed by atoms with Crippen LogP contribution in [0.3, 0.4) is 0 Å². The number of hydrogen-bond donors (Lipinski definition) is 0. The molecule has 1 aliphatic rings. The molecule has 0 radical (unpaired) electrons. The summed E-state index contributed by atoms with van der Waals surface area (Å²) in [5, 5.41) is 0. The van der Waals surface area contributed by atoms with Crippen LogP contribution in [0.25, 0.3) is 0 Å². The van der Waals surface area contributed by atoms with Crippen molar-refractivity contribution in [1.82, 2.24) is 0 Å². The van der Waals surface area contributed by atoms with Gasteiger partial charge in [0.15, 0.2) is 0 Å². The summed E-state index contributed by atoms with van der Waals surface area (Å²) in [6.45, 7) is 7.83. The summed E-state index contributed by atoms with van der Waals surface area (Å²) in [5.41, 5.74) is 0. The van der Waals surface area contributed by atoms with Crippen molar-refractivity contribution < 1.29 is 19.1 Å². The number of carbonyl (C=O) groups is 2. The zero-order valence-electron chi connectivity index (χ0n) is 20.1. The van der Waals surface area contributed by atoms with E-state index >= 15 is 0 Å². The van der Waals surface area contributed by atoms with Crippen molar-refractivity contribution >= 4 is 11.9 Å². The number of unbranched alkanes of at least 4 members (excludes halogenated alkanes) is 9. The largest absolute Gasteiger partial charge is 0.465 e. The molecule has 0 aliphatic heterocycles. The molecule has 0 bridgehead atoms. The fraction of sp³-hybridized carbons (Fsp3) is 0.923. The van der Waals surface area contributed by atoms with Gasteiger partial charge in [0.1, 0.15) is 0 Å². The van der Waals surface area contributed by atoms with E-state index in [0.717, 1.165) is 57.3 Å². The van der Waals surface area contributed by atoms with E-state index in [4.69, 9.17) is 9.47 Å². The lowest BCUT2D eigenvalue weighted by atomic mass is 9.82. The first-order valence-corrected chi connectivity index (χ1v) is 12.9. The number of ether oxygens (including phenoxy) is 2. The van der Waals surface area contributed by atoms with Gasteiger partial charge in [-0.15, -0.1) is 0 Å². The third-order valence-corrected chi connectivity index (χ3v) is 6.31. The van der Waals surface area contributed by atoms with E-state index in [1.807, 2.05) is 0 Å². The van der Waals surface area contributed by atoms with Gasteiger partial charge in [-0.2, -0.15) is 0 Å². The predicted molar refractivity (Wildman–Crippen MR) is 123 cm³/mol. The molecule has 0 unspecified atom stereocenters. The van der Waals surface area contributed by atoms with Gasteiger partial charge in [-0.3, -0.25) is 9.59 Å². The van der Waals surface area contributed by atoms with Crippen molar-refractivity contribution in [3.8, 4) is 0 Å². The molecule has 4 nitrogen and oxygen atoms in total. The maximum atomic E-state index is 12.3. The van der Waals surface area contributed by atoms with Crippen LogP contribution in [-0.2, 0) is 19.1 Å². The molecule has 0 N–H and O–H groups in total. The highest BCUT2D eigenvalue weighted by Gasteiger charge is 2.31. The molecule has 0 heterocycles. The molecule has 30 heavy (non-hydrogen) atoms. The Morgan fingerprint density at radius 2 is 1.07 bits per heavy atom. The Labute approximate surface area is 185 Å². The van der Waals surface area contributed by atoms with Gasteiger partial charge in [-0.25, -0.2) is 0 Å². The second-order valence-electron chi connectivity index (χ2n) is 9.60. The maximum absolute atomic E-state index is 12.3. The van der Waals surface area contributed by atoms with Crippen molar-refractivity contribution in [3.63, 3.8) is 0 Å². The molecule has 0 saturated heterocycles. The Morgan fingerprint density at radius 1 is 0.667 bits per heavy atom. The molecule has 0 atom stereocenters. The van der Waals surface area contributed by atoms with Crippen molar-refractivity contribution in [3.05, 3.63) is 0 Å². The Bertz CT molecular complexity index is 438. The second kappa shape index (κ2) is 17.6. The van der Waals surface area contributed by atoms with E-state index in [2.05, 4.69) is 20.8 Å². The highest BCUT2D eigenvalue weighted by molar-refractivity contribution is 5.75. The molecule has 1 saturated carbocycles. The molecule has 0 spiro atoms. The maximum Gasteiger partial charge on any atom is 0.308 e. The molecule has 0 aromatic rings. The quantitative estimate of drug-likeness (QED) is 0.182. The van der Waals surface area contributed by atoms with Crippen LogP contribution in [0.1, 0.15) is 124 Å². The van der Waals surface area contributed by atoms with Gasteiger partial charge in [-0.05, 0) is 44.4 Å². The van der Waals surface area contributed by atoms with Crippen LogP contribution in [0, 0.1) is 17.8 Å². The standard InChI is InChI=1S/C26H48O4/c1-4-5-6-7-8-10-13-20-29-25(27)23-16-18-24(19-17-23)26(28)30-21-14-11-9-12-15-22(2)3/h22-24H,4-21H2,1-3H3. The zero-order chi connectivity index (χ0) is 22.0. The number of rotatable bonds is 17. The van der Waals surface area contributed by atoms with Crippen LogP contribution in [0.5, 0.6) is 0 Å². The summed E-state index contributed by atoms with van der Waals surface area (Å²) in [6, 6.07) is 0. The minimum Gasteiger partial charge on any atom is -0.465 e. The Kier molecular flexibility index (Phi) is 15.8. The summed E-state index contributed by atoms with van der Waals surface area (Å²) in [4.78, 5) is 24.5. The lowest BCUT2D eigenvalue weighted by Gasteiger charge is -2.26. The Hall–Kier alpha value is -1.06. The Balaban J connectivity index is 2.02. The van der Waals surface area contributed by atoms with Crippen LogP contribution in [0.4, 0.5) is 0 Å². The van der Waals surface area contributed by atoms with E-state index in [9.17, 15) is 9.59 Å². The fourth-order valence-corrected chi connectivity index (χ4v) is 4.21. The molecule has 4 heteroatoms. The monoisotopic (exact) mass is 424 g/mol. The summed E-state index contributed by atoms with van der Waals surface area (Å²) in [6.07, 6.45) is 17.5. The van der Waals surface area contributed by atoms with E-state index in [1.165, 1.54) is 51.4 Å². The van der Waals surface area contributed by atoms with Crippen molar-refractivity contribution in [2.75, 3.05) is 13.2 Å². The van der Waals surface area contributed by atoms with E-state index < -0.39 is 0 Å². The first-order chi connectivity index (χ1) is 14.5. The van der Waals surface area contributed by atoms with Crippen LogP contribution >= 0.6 is 0 Å². The van der Waals surface area contributed by atoms with Crippen molar-refractivity contribution in [1.29, 1.82) is 0 Å². The highest BCUT2D eigenvalue weighted by Crippen LogP contribution is 2.30. The Morgan fingerprint density at radius 3 is 1.50 bits per heavy atom. The third kappa shape index (κ3) is 13.3. The van der Waals surface area contributed by atoms with Crippen molar-refractivity contribution in [2.24, 2.45) is 17.8 Å². The van der Waals surface area contributed by atoms with Gasteiger partial charge in [0.2, 0.25) is 0 Å². The second-order valence-corrected chi connectivity index (χ2v) is 9.60. The van der Waals surface area contributed by atoms with E-state index in [1.54, 1.807) is 0 Å². The van der Waals surface area contributed by atoms with Gasteiger partial charge in [-0.1, -0.05) is 85.0 Å². The lowest BCUT2D eigenvalue weighted by molar-refractivity contribution is -0.155. The van der Waals surface area contributed by atoms with Gasteiger partial charge in [0.05, 0.1) is 25.0 Å². The SMILES string of the molecule is CCCCCCCCCOC(=O)C1CCC(C(=O)OCCCCCCC(C)C)CC1. The summed E-state index contributed by atoms with van der Waals surface area (Å²) >= 11 is 0. The van der Waals surface area contributed by atoms with E-state index in [-0.39, 0.29) is 23.8 Å². The average Bonchev–Trinajstić information content (AvgIpc) is 2.74. The molecule has 1 fully saturated rings. The van der Waals surface area contributed by atoms with Gasteiger partial charge < -0.3 is 9.47 Å². The van der Waals surface area contributed by atoms with Crippen LogP contribution in [0.15, 0.2) is 0 Å². The molecule has 1 rings (SSSR count). The number of esters is 2. The molecular weight excluding hydrogens is 376 g/mol. The fourth-order valence-electron chi connectivity index (χ4n) is 4.21. The van der Waals surface area contributed by atoms with Gasteiger partial charge in [0, 0.05) is 0 Å². The van der Waals surface area contributed by atoms with Crippen LogP contribution in [0.2, 0.25) is 0 Å². The first kappa shape index (κ1) is 27.0. The van der Waals surface area contributed by atoms with Gasteiger partial charge >= 0.3 is 11.9 Å². The predicted octanol–water partition coefficient (Wildman–Crippen LogP) is 7.24. The van der Waals surface area contributed by atoms with E-state index in [0.29, 0.717) is 13.2 Å². The molecular formula is C26H48O4. The minimum atomic E-state index is -0.0629. The average molecular weight is 425 g/mol. The molecule has 1 aliphatic carbocycles. The van der Waals surface area contributed by atoms with Crippen molar-refractivity contribution in [2.45, 2.75) is 124 Å². The first-order valence-electron chi connectivity index (χ1n) is 12.9. The summed E-state index contributed by atoms with van der Waals surface area (Å²) in [5.74, 6) is 0.592. The lowest BCUT2D eigenvalue weighted by Crippen LogP contribution is -2.28. The molecule has 0 aromatic heterocycles. The topological polar surface area (TPSA) is 52.6 Å². The number of carbonyl (C=O) groups excluding carboxylic acids is 2. The smallest absolute Gasteiger partial charge is 0.308 e. The van der Waals surface area contributed by atoms with Crippen LogP contribution < -0.4 is 0 Å². The minimum absolute atomic E-state index is 0.0282. The highest BCUT2D eigenvalue weighted by atomic mass is 16.5. The zero-order valence-corrected chi connectivity index (χ0v) is 20.1. The molecule has 176 valence electrons. The number of hydrogen-bond acceptors (Lipinski definition) is 4. The third-order valence-electron chi connectivity index (χ3n) is 6.31. The summed E-state index contributed by atoms with van der Waals surface area (Å²) < 4.78 is 11.0. The molecule has 0 amide bonds. The van der Waals surface area contributed by atoms with Crippen LogP contribution in [-0.4, -0.2) is 25.2 Å². The van der Waals surface area contributed by atoms with Gasteiger partial charge in [0.25, 0.3) is 0 Å².